The second-order valence-electron chi connectivity index (χ2n) is 4.75. The van der Waals surface area contributed by atoms with Gasteiger partial charge in [-0.2, -0.15) is 0 Å². The molecule has 0 spiro atoms. The molecular weight excluding hydrogens is 220 g/mol. The van der Waals surface area contributed by atoms with Gasteiger partial charge in [0.15, 0.2) is 0 Å². The van der Waals surface area contributed by atoms with Crippen LogP contribution in [0.15, 0.2) is 12.1 Å². The van der Waals surface area contributed by atoms with E-state index < -0.39 is 0 Å². The van der Waals surface area contributed by atoms with E-state index in [4.69, 9.17) is 4.74 Å². The van der Waals surface area contributed by atoms with Gasteiger partial charge >= 0.3 is 0 Å². The molecule has 1 atom stereocenters. The number of rotatable bonds is 6. The van der Waals surface area contributed by atoms with Gasteiger partial charge in [-0.1, -0.05) is 6.92 Å². The first-order valence-electron chi connectivity index (χ1n) is 5.77. The van der Waals surface area contributed by atoms with Gasteiger partial charge < -0.3 is 9.84 Å². The molecule has 0 radical (unpaired) electrons. The number of aliphatic hydroxyl groups excluding tert-OH is 1. The second kappa shape index (κ2) is 5.80. The molecule has 2 nitrogen and oxygen atoms in total. The van der Waals surface area contributed by atoms with Crippen molar-refractivity contribution in [1.29, 1.82) is 0 Å². The van der Waals surface area contributed by atoms with E-state index in [1.54, 1.807) is 18.4 Å². The van der Waals surface area contributed by atoms with E-state index in [-0.39, 0.29) is 11.7 Å². The summed E-state index contributed by atoms with van der Waals surface area (Å²) in [6, 6.07) is 4.26. The molecule has 1 heterocycles. The topological polar surface area (TPSA) is 29.5 Å². The molecule has 0 amide bonds. The van der Waals surface area contributed by atoms with E-state index >= 15 is 0 Å². The van der Waals surface area contributed by atoms with Crippen molar-refractivity contribution in [2.45, 2.75) is 51.7 Å². The number of aliphatic hydroxyl groups is 1. The highest BCUT2D eigenvalue weighted by molar-refractivity contribution is 7.11. The van der Waals surface area contributed by atoms with Crippen molar-refractivity contribution in [3.05, 3.63) is 21.9 Å². The minimum absolute atomic E-state index is 0.246. The van der Waals surface area contributed by atoms with E-state index in [2.05, 4.69) is 19.1 Å². The molecule has 0 aromatic carbocycles. The Morgan fingerprint density at radius 3 is 2.50 bits per heavy atom. The third-order valence-electron chi connectivity index (χ3n) is 2.78. The summed E-state index contributed by atoms with van der Waals surface area (Å²) in [5, 5.41) is 9.98. The molecule has 1 N–H and O–H groups in total. The molecule has 0 aliphatic rings. The van der Waals surface area contributed by atoms with E-state index in [0.717, 1.165) is 12.8 Å². The SMILES string of the molecule is CCc1ccc(CC(O)CC(C)(C)OC)s1. The zero-order chi connectivity index (χ0) is 12.2. The first kappa shape index (κ1) is 13.7. The smallest absolute Gasteiger partial charge is 0.0647 e. The van der Waals surface area contributed by atoms with E-state index in [0.29, 0.717) is 6.42 Å². The molecule has 0 aliphatic heterocycles. The fraction of sp³-hybridized carbons (Fsp3) is 0.692. The highest BCUT2D eigenvalue weighted by Gasteiger charge is 2.21. The Labute approximate surface area is 102 Å². The molecule has 0 aliphatic carbocycles. The lowest BCUT2D eigenvalue weighted by Gasteiger charge is -2.25. The van der Waals surface area contributed by atoms with Crippen LogP contribution in [-0.2, 0) is 17.6 Å². The van der Waals surface area contributed by atoms with Gasteiger partial charge in [0.1, 0.15) is 0 Å². The van der Waals surface area contributed by atoms with E-state index in [1.165, 1.54) is 9.75 Å². The zero-order valence-electron chi connectivity index (χ0n) is 10.6. The van der Waals surface area contributed by atoms with Gasteiger partial charge in [-0.05, 0) is 32.4 Å². The van der Waals surface area contributed by atoms with Crippen molar-refractivity contribution in [2.75, 3.05) is 7.11 Å². The second-order valence-corrected chi connectivity index (χ2v) is 6.00. The number of hydrogen-bond donors (Lipinski definition) is 1. The average molecular weight is 242 g/mol. The van der Waals surface area contributed by atoms with Crippen LogP contribution >= 0.6 is 11.3 Å². The highest BCUT2D eigenvalue weighted by atomic mass is 32.1. The Morgan fingerprint density at radius 2 is 2.00 bits per heavy atom. The predicted octanol–water partition coefficient (Wildman–Crippen LogP) is 3.03. The fourth-order valence-electron chi connectivity index (χ4n) is 1.68. The third-order valence-corrected chi connectivity index (χ3v) is 4.03. The van der Waals surface area contributed by atoms with Crippen molar-refractivity contribution < 1.29 is 9.84 Å². The Hall–Kier alpha value is -0.380. The number of aryl methyl sites for hydroxylation is 1. The van der Waals surface area contributed by atoms with Gasteiger partial charge in [0.2, 0.25) is 0 Å². The Bertz CT molecular complexity index is 317. The van der Waals surface area contributed by atoms with Gasteiger partial charge in [-0.3, -0.25) is 0 Å². The lowest BCUT2D eigenvalue weighted by Crippen LogP contribution is -2.29. The first-order chi connectivity index (χ1) is 7.46. The molecule has 1 aromatic rings. The summed E-state index contributed by atoms with van der Waals surface area (Å²) in [4.78, 5) is 2.64. The largest absolute Gasteiger partial charge is 0.393 e. The Balaban J connectivity index is 2.48. The van der Waals surface area contributed by atoms with Crippen LogP contribution < -0.4 is 0 Å². The van der Waals surface area contributed by atoms with Gasteiger partial charge in [-0.25, -0.2) is 0 Å². The lowest BCUT2D eigenvalue weighted by molar-refractivity contribution is -0.0189. The monoisotopic (exact) mass is 242 g/mol. The van der Waals surface area contributed by atoms with Crippen LogP contribution in [0.2, 0.25) is 0 Å². The van der Waals surface area contributed by atoms with Crippen LogP contribution in [0.25, 0.3) is 0 Å². The standard InChI is InChI=1S/C13H22O2S/c1-5-11-6-7-12(16-11)8-10(14)9-13(2,3)15-4/h6-7,10,14H,5,8-9H2,1-4H3. The Kier molecular flexibility index (Phi) is 4.96. The number of methoxy groups -OCH3 is 1. The van der Waals surface area contributed by atoms with Crippen LogP contribution in [0.3, 0.4) is 0 Å². The molecule has 92 valence electrons. The van der Waals surface area contributed by atoms with Crippen LogP contribution in [0.5, 0.6) is 0 Å². The maximum Gasteiger partial charge on any atom is 0.0647 e. The van der Waals surface area contributed by atoms with Gasteiger partial charge in [0.05, 0.1) is 11.7 Å². The summed E-state index contributed by atoms with van der Waals surface area (Å²) < 4.78 is 5.32. The molecule has 0 bridgehead atoms. The molecular formula is C13H22O2S. The Morgan fingerprint density at radius 1 is 1.38 bits per heavy atom. The molecule has 1 unspecified atom stereocenters. The third kappa shape index (κ3) is 4.24. The van der Waals surface area contributed by atoms with Gasteiger partial charge in [0.25, 0.3) is 0 Å². The maximum absolute atomic E-state index is 9.98. The lowest BCUT2D eigenvalue weighted by atomic mass is 9.98. The van der Waals surface area contributed by atoms with Crippen molar-refractivity contribution in [1.82, 2.24) is 0 Å². The fourth-order valence-corrected chi connectivity index (χ4v) is 2.71. The van der Waals surface area contributed by atoms with Crippen molar-refractivity contribution in [2.24, 2.45) is 0 Å². The number of hydrogen-bond acceptors (Lipinski definition) is 3. The van der Waals surface area contributed by atoms with Crippen LogP contribution in [0.4, 0.5) is 0 Å². The number of thiophene rings is 1. The maximum atomic E-state index is 9.98. The summed E-state index contributed by atoms with van der Waals surface area (Å²) in [6.45, 7) is 6.16. The van der Waals surface area contributed by atoms with E-state index in [1.807, 2.05) is 13.8 Å². The van der Waals surface area contributed by atoms with Crippen molar-refractivity contribution in [3.8, 4) is 0 Å². The predicted molar refractivity (Wildman–Crippen MR) is 69.1 cm³/mol. The van der Waals surface area contributed by atoms with Crippen LogP contribution in [-0.4, -0.2) is 23.9 Å². The molecule has 3 heteroatoms. The zero-order valence-corrected chi connectivity index (χ0v) is 11.4. The average Bonchev–Trinajstić information content (AvgIpc) is 2.64. The quantitative estimate of drug-likeness (QED) is 0.831. The van der Waals surface area contributed by atoms with Crippen molar-refractivity contribution >= 4 is 11.3 Å². The minimum Gasteiger partial charge on any atom is -0.393 e. The number of ether oxygens (including phenoxy) is 1. The highest BCUT2D eigenvalue weighted by Crippen LogP contribution is 2.22. The van der Waals surface area contributed by atoms with Crippen LogP contribution in [0, 0.1) is 0 Å². The van der Waals surface area contributed by atoms with Crippen LogP contribution in [0.1, 0.15) is 36.9 Å². The first-order valence-corrected chi connectivity index (χ1v) is 6.59. The van der Waals surface area contributed by atoms with Gasteiger partial charge in [0, 0.05) is 29.7 Å². The normalized spacial score (nSPS) is 14.1. The minimum atomic E-state index is -0.321. The molecule has 0 saturated carbocycles. The molecule has 0 saturated heterocycles. The van der Waals surface area contributed by atoms with Gasteiger partial charge in [-0.15, -0.1) is 11.3 Å². The summed E-state index contributed by atoms with van der Waals surface area (Å²) in [6.07, 6.45) is 2.16. The summed E-state index contributed by atoms with van der Waals surface area (Å²) >= 11 is 1.79. The summed E-state index contributed by atoms with van der Waals surface area (Å²) in [5.74, 6) is 0. The summed E-state index contributed by atoms with van der Waals surface area (Å²) in [7, 11) is 1.69. The molecule has 0 fully saturated rings. The summed E-state index contributed by atoms with van der Waals surface area (Å²) in [5.41, 5.74) is -0.246. The molecule has 1 rings (SSSR count). The van der Waals surface area contributed by atoms with E-state index in [9.17, 15) is 5.11 Å². The molecule has 16 heavy (non-hydrogen) atoms. The van der Waals surface area contributed by atoms with Crippen molar-refractivity contribution in [3.63, 3.8) is 0 Å². The molecule has 1 aromatic heterocycles.